The minimum Gasteiger partial charge on any atom is -0.497 e. The molecule has 0 aliphatic carbocycles. The van der Waals surface area contributed by atoms with Crippen LogP contribution in [-0.2, 0) is 0 Å². The Morgan fingerprint density at radius 2 is 0.745 bits per heavy atom. The lowest BCUT2D eigenvalue weighted by Gasteiger charge is -2.10. The topological polar surface area (TPSA) is 66.6 Å². The van der Waals surface area contributed by atoms with E-state index in [0.717, 1.165) is 33.3 Å². The molecule has 0 radical (unpaired) electrons. The van der Waals surface area contributed by atoms with Gasteiger partial charge >= 0.3 is 0 Å². The van der Waals surface area contributed by atoms with Gasteiger partial charge < -0.3 is 14.7 Å². The van der Waals surface area contributed by atoms with Gasteiger partial charge in [0.25, 0.3) is 0 Å². The number of hydrogen-bond acceptors (Lipinski definition) is 3. The summed E-state index contributed by atoms with van der Waals surface area (Å²) in [5.74, 6) is -9.77. The molecule has 2 aliphatic rings. The first kappa shape index (κ1) is 33.7. The molecular formula is C45H27F5N4O. The van der Waals surface area contributed by atoms with Crippen molar-refractivity contribution < 1.29 is 26.7 Å². The third-order valence-corrected chi connectivity index (χ3v) is 9.72. The van der Waals surface area contributed by atoms with Crippen molar-refractivity contribution in [1.82, 2.24) is 19.9 Å². The summed E-state index contributed by atoms with van der Waals surface area (Å²) in [7, 11) is 1.56. The molecule has 3 aromatic heterocycles. The van der Waals surface area contributed by atoms with Crippen molar-refractivity contribution >= 4 is 46.4 Å². The van der Waals surface area contributed by atoms with Crippen LogP contribution < -0.4 is 4.74 Å². The van der Waals surface area contributed by atoms with Gasteiger partial charge in [0.05, 0.1) is 35.4 Å². The second kappa shape index (κ2) is 13.4. The van der Waals surface area contributed by atoms with Crippen molar-refractivity contribution in [2.75, 3.05) is 7.11 Å². The van der Waals surface area contributed by atoms with Crippen LogP contribution >= 0.6 is 0 Å². The van der Waals surface area contributed by atoms with Crippen LogP contribution in [0.2, 0.25) is 0 Å². The van der Waals surface area contributed by atoms with Crippen molar-refractivity contribution in [3.05, 3.63) is 161 Å². The average Bonchev–Trinajstić information content (AvgIpc) is 4.06. The van der Waals surface area contributed by atoms with Crippen molar-refractivity contribution in [1.29, 1.82) is 0 Å². The van der Waals surface area contributed by atoms with E-state index in [1.165, 1.54) is 12.2 Å². The SMILES string of the molecule is COc1ccc(-c2c3nc(c(-c4c(F)c(F)c(F)c(F)c4F)c4nc(c(-c5ccccc5)c5ccc([nH]5)c(-c5ccccc5)c5ccc2[nH]5)C=C4)C=C3)cc1. The fraction of sp³-hybridized carbons (Fsp3) is 0.0222. The van der Waals surface area contributed by atoms with E-state index >= 15 is 8.78 Å². The van der Waals surface area contributed by atoms with E-state index in [9.17, 15) is 13.2 Å². The predicted octanol–water partition coefficient (Wildman–Crippen LogP) is 12.0. The van der Waals surface area contributed by atoms with Crippen LogP contribution in [-0.4, -0.2) is 27.0 Å². The van der Waals surface area contributed by atoms with Crippen LogP contribution in [0.25, 0.3) is 90.9 Å². The molecule has 55 heavy (non-hydrogen) atoms. The Balaban J connectivity index is 1.50. The summed E-state index contributed by atoms with van der Waals surface area (Å²) in [5, 5.41) is 0. The molecule has 5 heterocycles. The molecule has 0 spiro atoms. The number of nitrogens with one attached hydrogen (secondary N) is 2. The van der Waals surface area contributed by atoms with Crippen LogP contribution in [0.4, 0.5) is 22.0 Å². The monoisotopic (exact) mass is 734 g/mol. The molecule has 9 rings (SSSR count). The van der Waals surface area contributed by atoms with E-state index in [1.807, 2.05) is 97.1 Å². The van der Waals surface area contributed by atoms with E-state index in [-0.39, 0.29) is 17.0 Å². The molecule has 0 fully saturated rings. The lowest BCUT2D eigenvalue weighted by atomic mass is 10.00. The maximum atomic E-state index is 15.8. The number of fused-ring (bicyclic) bond motifs is 8. The van der Waals surface area contributed by atoms with Gasteiger partial charge in [-0.1, -0.05) is 72.8 Å². The third-order valence-electron chi connectivity index (χ3n) is 9.72. The predicted molar refractivity (Wildman–Crippen MR) is 207 cm³/mol. The molecule has 7 aromatic rings. The summed E-state index contributed by atoms with van der Waals surface area (Å²) in [6.07, 6.45) is 6.28. The van der Waals surface area contributed by atoms with Crippen LogP contribution in [0.1, 0.15) is 22.8 Å². The highest BCUT2D eigenvalue weighted by Crippen LogP contribution is 2.41. The lowest BCUT2D eigenvalue weighted by Crippen LogP contribution is -2.06. The van der Waals surface area contributed by atoms with Crippen LogP contribution in [0.3, 0.4) is 0 Å². The Morgan fingerprint density at radius 1 is 0.382 bits per heavy atom. The van der Waals surface area contributed by atoms with E-state index in [2.05, 4.69) is 9.97 Å². The number of aromatic nitrogens is 4. The number of H-pyrrole nitrogens is 2. The maximum Gasteiger partial charge on any atom is 0.200 e. The Labute approximate surface area is 310 Å². The fourth-order valence-electron chi connectivity index (χ4n) is 7.17. The highest BCUT2D eigenvalue weighted by molar-refractivity contribution is 6.00. The summed E-state index contributed by atoms with van der Waals surface area (Å²) in [6, 6.07) is 34.4. The molecule has 5 nitrogen and oxygen atoms in total. The third kappa shape index (κ3) is 5.70. The summed E-state index contributed by atoms with van der Waals surface area (Å²) in [6.45, 7) is 0. The average molecular weight is 735 g/mol. The van der Waals surface area contributed by atoms with Crippen molar-refractivity contribution in [3.63, 3.8) is 0 Å². The van der Waals surface area contributed by atoms with Crippen LogP contribution in [0.5, 0.6) is 5.75 Å². The zero-order valence-corrected chi connectivity index (χ0v) is 28.9. The van der Waals surface area contributed by atoms with Gasteiger partial charge in [-0.15, -0.1) is 0 Å². The van der Waals surface area contributed by atoms with Gasteiger partial charge in [0.2, 0.25) is 5.82 Å². The highest BCUT2D eigenvalue weighted by atomic mass is 19.2. The summed E-state index contributed by atoms with van der Waals surface area (Å²) in [5.41, 5.74) is 6.66. The zero-order valence-electron chi connectivity index (χ0n) is 28.9. The first-order valence-corrected chi connectivity index (χ1v) is 17.2. The van der Waals surface area contributed by atoms with E-state index in [4.69, 9.17) is 14.7 Å². The largest absolute Gasteiger partial charge is 0.497 e. The minimum absolute atomic E-state index is 0.0418. The van der Waals surface area contributed by atoms with Crippen LogP contribution in [0.15, 0.2) is 109 Å². The second-order valence-electron chi connectivity index (χ2n) is 12.9. The van der Waals surface area contributed by atoms with E-state index in [1.54, 1.807) is 31.4 Å². The van der Waals surface area contributed by atoms with Gasteiger partial charge in [0.1, 0.15) is 5.75 Å². The Bertz CT molecular complexity index is 2870. The lowest BCUT2D eigenvalue weighted by molar-refractivity contribution is 0.381. The number of aromatic amines is 2. The first-order chi connectivity index (χ1) is 26.8. The first-order valence-electron chi connectivity index (χ1n) is 17.2. The molecule has 268 valence electrons. The van der Waals surface area contributed by atoms with Gasteiger partial charge in [0.15, 0.2) is 23.3 Å². The normalized spacial score (nSPS) is 12.0. The van der Waals surface area contributed by atoms with E-state index in [0.29, 0.717) is 39.3 Å². The highest BCUT2D eigenvalue weighted by Gasteiger charge is 2.30. The van der Waals surface area contributed by atoms with Gasteiger partial charge in [-0.2, -0.15) is 0 Å². The number of ether oxygens (including phenoxy) is 1. The second-order valence-corrected chi connectivity index (χ2v) is 12.9. The van der Waals surface area contributed by atoms with Crippen molar-refractivity contribution in [2.45, 2.75) is 0 Å². The smallest absolute Gasteiger partial charge is 0.200 e. The van der Waals surface area contributed by atoms with Crippen molar-refractivity contribution in [3.8, 4) is 50.3 Å². The Morgan fingerprint density at radius 3 is 1.18 bits per heavy atom. The van der Waals surface area contributed by atoms with Gasteiger partial charge in [-0.3, -0.25) is 0 Å². The number of benzene rings is 4. The summed E-state index contributed by atoms with van der Waals surface area (Å²) in [4.78, 5) is 16.9. The molecule has 2 aliphatic heterocycles. The quantitative estimate of drug-likeness (QED) is 0.105. The van der Waals surface area contributed by atoms with Crippen molar-refractivity contribution in [2.24, 2.45) is 0 Å². The molecule has 0 unspecified atom stereocenters. The molecule has 0 atom stereocenters. The number of methoxy groups -OCH3 is 1. The summed E-state index contributed by atoms with van der Waals surface area (Å²) < 4.78 is 81.2. The zero-order chi connectivity index (χ0) is 37.8. The molecule has 0 amide bonds. The number of halogens is 5. The molecular weight excluding hydrogens is 708 g/mol. The molecule has 8 bridgehead atoms. The van der Waals surface area contributed by atoms with Crippen LogP contribution in [0, 0.1) is 29.1 Å². The minimum atomic E-state index is -2.26. The maximum absolute atomic E-state index is 15.8. The Hall–Kier alpha value is -7.07. The number of rotatable bonds is 5. The molecule has 10 heteroatoms. The number of nitrogens with zero attached hydrogens (tertiary/aromatic N) is 2. The standard InChI is InChI=1S/C45H27F5N4O/c1-55-27-14-12-26(13-15-27)38-32-19-18-29(52-32)36(24-8-4-2-5-9-24)28-16-17-30(51-28)37(25-10-6-3-7-11-25)31-20-22-34(53-31)39(35-23-21-33(38)54-35)40-41(46)43(48)45(50)44(49)42(40)47/h2-23,51-52H,1H3. The molecule has 2 N–H and O–H groups in total. The van der Waals surface area contributed by atoms with Gasteiger partial charge in [-0.25, -0.2) is 31.9 Å². The fourth-order valence-corrected chi connectivity index (χ4v) is 7.17. The molecule has 0 saturated carbocycles. The molecule has 0 saturated heterocycles. The van der Waals surface area contributed by atoms with Gasteiger partial charge in [-0.05, 0) is 77.4 Å². The van der Waals surface area contributed by atoms with Gasteiger partial charge in [0, 0.05) is 44.3 Å². The summed E-state index contributed by atoms with van der Waals surface area (Å²) >= 11 is 0. The molecule has 4 aromatic carbocycles. The number of hydrogen-bond donors (Lipinski definition) is 2. The Kier molecular flexibility index (Phi) is 8.23. The van der Waals surface area contributed by atoms with E-state index < -0.39 is 34.6 Å².